The van der Waals surface area contributed by atoms with Crippen molar-refractivity contribution in [3.63, 3.8) is 0 Å². The highest BCUT2D eigenvalue weighted by molar-refractivity contribution is 6.07. The number of pyridine rings is 1. The highest BCUT2D eigenvalue weighted by atomic mass is 19.3. The number of ether oxygens (including phenoxy) is 1. The first-order chi connectivity index (χ1) is 17.0. The number of aliphatic carboxylic acids is 1. The molecule has 2 aromatic rings. The van der Waals surface area contributed by atoms with Gasteiger partial charge in [0, 0.05) is 31.9 Å². The molecule has 3 heterocycles. The summed E-state index contributed by atoms with van der Waals surface area (Å²) in [5.41, 5.74) is -0.794. The number of carbonyl (C=O) groups excluding carboxylic acids is 2. The summed E-state index contributed by atoms with van der Waals surface area (Å²) in [6.07, 6.45) is 0. The molecule has 11 heteroatoms. The van der Waals surface area contributed by atoms with Crippen molar-refractivity contribution >= 4 is 23.5 Å². The predicted molar refractivity (Wildman–Crippen MR) is 126 cm³/mol. The fourth-order valence-electron chi connectivity index (χ4n) is 4.74. The highest BCUT2D eigenvalue weighted by Crippen LogP contribution is 2.42. The van der Waals surface area contributed by atoms with Gasteiger partial charge in [-0.05, 0) is 36.1 Å². The molecule has 0 radical (unpaired) electrons. The second-order valence-electron chi connectivity index (χ2n) is 9.61. The smallest absolute Gasteiger partial charge is 0.388 e. The van der Waals surface area contributed by atoms with E-state index in [1.807, 2.05) is 26.0 Å². The van der Waals surface area contributed by atoms with Gasteiger partial charge in [0.25, 0.3) is 0 Å². The Bertz CT molecular complexity index is 1190. The lowest BCUT2D eigenvalue weighted by Gasteiger charge is -2.53. The van der Waals surface area contributed by atoms with Crippen LogP contribution in [0.15, 0.2) is 36.4 Å². The summed E-state index contributed by atoms with van der Waals surface area (Å²) in [5, 5.41) is 15.2. The van der Waals surface area contributed by atoms with Gasteiger partial charge in [-0.1, -0.05) is 38.1 Å². The molecule has 0 atom stereocenters. The first-order valence-corrected chi connectivity index (χ1v) is 11.6. The molecule has 0 saturated carbocycles. The zero-order valence-corrected chi connectivity index (χ0v) is 20.2. The van der Waals surface area contributed by atoms with Gasteiger partial charge in [0.1, 0.15) is 11.1 Å². The molecule has 2 fully saturated rings. The maximum Gasteiger partial charge on any atom is 0.388 e. The number of amides is 2. The van der Waals surface area contributed by atoms with E-state index >= 15 is 0 Å². The second-order valence-corrected chi connectivity index (χ2v) is 9.61. The van der Waals surface area contributed by atoms with E-state index in [-0.39, 0.29) is 37.8 Å². The van der Waals surface area contributed by atoms with Crippen LogP contribution in [-0.4, -0.2) is 65.6 Å². The number of nitrogens with zero attached hydrogens (tertiary/aromatic N) is 2. The number of aryl methyl sites for hydroxylation is 1. The van der Waals surface area contributed by atoms with Crippen molar-refractivity contribution in [2.24, 2.45) is 5.41 Å². The fourth-order valence-corrected chi connectivity index (χ4v) is 4.74. The number of rotatable bonds is 8. The van der Waals surface area contributed by atoms with Gasteiger partial charge < -0.3 is 25.4 Å². The zero-order chi connectivity index (χ0) is 26.3. The molecular weight excluding hydrogens is 474 g/mol. The van der Waals surface area contributed by atoms with Crippen molar-refractivity contribution in [1.82, 2.24) is 15.2 Å². The monoisotopic (exact) mass is 502 g/mol. The summed E-state index contributed by atoms with van der Waals surface area (Å²) in [7, 11) is 0. The van der Waals surface area contributed by atoms with Crippen LogP contribution in [-0.2, 0) is 19.8 Å². The minimum Gasteiger partial charge on any atom is -0.480 e. The van der Waals surface area contributed by atoms with Crippen molar-refractivity contribution in [3.05, 3.63) is 53.2 Å². The van der Waals surface area contributed by atoms with Gasteiger partial charge in [-0.15, -0.1) is 0 Å². The third-order valence-corrected chi connectivity index (χ3v) is 6.86. The largest absolute Gasteiger partial charge is 0.480 e. The third-order valence-electron chi connectivity index (χ3n) is 6.86. The topological polar surface area (TPSA) is 121 Å². The Labute approximate surface area is 206 Å². The van der Waals surface area contributed by atoms with E-state index in [0.29, 0.717) is 11.3 Å². The lowest BCUT2D eigenvalue weighted by Crippen LogP contribution is -2.73. The van der Waals surface area contributed by atoms with Crippen molar-refractivity contribution in [1.29, 1.82) is 0 Å². The molecule has 0 bridgehead atoms. The number of carbonyl (C=O) groups is 3. The molecule has 192 valence electrons. The van der Waals surface area contributed by atoms with Gasteiger partial charge in [-0.25, -0.2) is 4.98 Å². The van der Waals surface area contributed by atoms with E-state index in [1.165, 1.54) is 11.0 Å². The van der Waals surface area contributed by atoms with Gasteiger partial charge in [-0.2, -0.15) is 8.78 Å². The molecule has 2 saturated heterocycles. The normalized spacial score (nSPS) is 17.8. The lowest BCUT2D eigenvalue weighted by atomic mass is 9.68. The molecule has 3 N–H and O–H groups in total. The maximum atomic E-state index is 13.8. The standard InChI is InChI=1S/C25H28F2N4O5/c1-14(2)16-6-4-5-7-17(16)25(12-31(13-25)21(33)24(22(34)35)10-28-11-24)20(32)30-18-9-8-15(3)29-19(18)36-23(26)27/h4-9,14,23,28H,10-13H2,1-3H3,(H,30,32)(H,34,35). The second kappa shape index (κ2) is 9.45. The molecule has 2 aliphatic heterocycles. The van der Waals surface area contributed by atoms with Crippen LogP contribution >= 0.6 is 0 Å². The van der Waals surface area contributed by atoms with Crippen LogP contribution in [0.5, 0.6) is 5.88 Å². The number of halogens is 2. The Morgan fingerprint density at radius 1 is 1.14 bits per heavy atom. The molecule has 2 aliphatic rings. The number of benzene rings is 1. The van der Waals surface area contributed by atoms with Crippen LogP contribution in [0, 0.1) is 12.3 Å². The molecule has 1 aromatic carbocycles. The van der Waals surface area contributed by atoms with Crippen LogP contribution in [0.3, 0.4) is 0 Å². The minimum absolute atomic E-state index is 0.0167. The van der Waals surface area contributed by atoms with Crippen molar-refractivity contribution in [2.45, 2.75) is 38.7 Å². The quantitative estimate of drug-likeness (QED) is 0.475. The first kappa shape index (κ1) is 25.5. The molecule has 36 heavy (non-hydrogen) atoms. The van der Waals surface area contributed by atoms with Crippen LogP contribution in [0.25, 0.3) is 0 Å². The number of nitrogens with one attached hydrogen (secondary N) is 2. The third kappa shape index (κ3) is 4.27. The zero-order valence-electron chi connectivity index (χ0n) is 20.2. The molecule has 1 aromatic heterocycles. The van der Waals surface area contributed by atoms with E-state index in [1.54, 1.807) is 25.1 Å². The number of anilines is 1. The van der Waals surface area contributed by atoms with Crippen molar-refractivity contribution in [2.75, 3.05) is 31.5 Å². The average molecular weight is 503 g/mol. The molecule has 0 aliphatic carbocycles. The van der Waals surface area contributed by atoms with Gasteiger partial charge >= 0.3 is 12.6 Å². The molecule has 2 amide bonds. The molecule has 4 rings (SSSR count). The SMILES string of the molecule is Cc1ccc(NC(=O)C2(c3ccccc3C(C)C)CN(C(=O)C3(C(=O)O)CNC3)C2)c(OC(F)F)n1. The molecule has 0 spiro atoms. The average Bonchev–Trinajstić information content (AvgIpc) is 2.73. The first-order valence-electron chi connectivity index (χ1n) is 11.6. The summed E-state index contributed by atoms with van der Waals surface area (Å²) in [6.45, 7) is 2.35. The van der Waals surface area contributed by atoms with Gasteiger partial charge in [0.15, 0.2) is 5.41 Å². The van der Waals surface area contributed by atoms with Gasteiger partial charge in [0.05, 0.1) is 0 Å². The van der Waals surface area contributed by atoms with E-state index in [0.717, 1.165) is 5.56 Å². The summed E-state index contributed by atoms with van der Waals surface area (Å²) >= 11 is 0. The summed E-state index contributed by atoms with van der Waals surface area (Å²) < 4.78 is 30.5. The minimum atomic E-state index is -3.13. The summed E-state index contributed by atoms with van der Waals surface area (Å²) in [4.78, 5) is 44.1. The molecule has 0 unspecified atom stereocenters. The Morgan fingerprint density at radius 3 is 2.36 bits per heavy atom. The van der Waals surface area contributed by atoms with Gasteiger partial charge in [0.2, 0.25) is 17.7 Å². The van der Waals surface area contributed by atoms with E-state index in [9.17, 15) is 28.3 Å². The van der Waals surface area contributed by atoms with Crippen LogP contribution in [0.4, 0.5) is 14.5 Å². The number of hydrogen-bond donors (Lipinski definition) is 3. The fraction of sp³-hybridized carbons (Fsp3) is 0.440. The Morgan fingerprint density at radius 2 is 1.81 bits per heavy atom. The summed E-state index contributed by atoms with van der Waals surface area (Å²) in [6, 6.07) is 10.3. The number of carboxylic acids is 1. The van der Waals surface area contributed by atoms with Crippen LogP contribution < -0.4 is 15.4 Å². The van der Waals surface area contributed by atoms with Gasteiger partial charge in [-0.3, -0.25) is 14.4 Å². The summed E-state index contributed by atoms with van der Waals surface area (Å²) in [5.74, 6) is -2.66. The number of likely N-dealkylation sites (tertiary alicyclic amines) is 1. The molecular formula is C25H28F2N4O5. The predicted octanol–water partition coefficient (Wildman–Crippen LogP) is 2.51. The van der Waals surface area contributed by atoms with Crippen LogP contribution in [0.2, 0.25) is 0 Å². The van der Waals surface area contributed by atoms with E-state index < -0.39 is 41.1 Å². The number of carboxylic acid groups (broad SMARTS) is 1. The van der Waals surface area contributed by atoms with Crippen molar-refractivity contribution in [3.8, 4) is 5.88 Å². The van der Waals surface area contributed by atoms with E-state index in [2.05, 4.69) is 20.4 Å². The Hall–Kier alpha value is -3.60. The lowest BCUT2D eigenvalue weighted by molar-refractivity contribution is -0.169. The van der Waals surface area contributed by atoms with E-state index in [4.69, 9.17) is 0 Å². The highest BCUT2D eigenvalue weighted by Gasteiger charge is 2.60. The maximum absolute atomic E-state index is 13.8. The molecule has 9 nitrogen and oxygen atoms in total. The number of hydrogen-bond acceptors (Lipinski definition) is 6. The number of alkyl halides is 2. The van der Waals surface area contributed by atoms with Crippen molar-refractivity contribution < 1.29 is 33.0 Å². The number of aromatic nitrogens is 1. The Kier molecular flexibility index (Phi) is 6.70. The Balaban J connectivity index is 1.69. The van der Waals surface area contributed by atoms with Crippen LogP contribution in [0.1, 0.15) is 36.6 Å².